The minimum Gasteiger partial charge on any atom is -0.341 e. The van der Waals surface area contributed by atoms with Gasteiger partial charge >= 0.3 is 0 Å². The number of aromatic amines is 1. The van der Waals surface area contributed by atoms with Crippen LogP contribution < -0.4 is 0 Å². The van der Waals surface area contributed by atoms with E-state index in [1.54, 1.807) is 0 Å². The highest BCUT2D eigenvalue weighted by Gasteiger charge is 2.19. The molecule has 1 aromatic heterocycles. The number of H-pyrrole nitrogens is 1. The molecular formula is C12H19N3OS. The van der Waals surface area contributed by atoms with E-state index >= 15 is 0 Å². The Morgan fingerprint density at radius 2 is 2.12 bits per heavy atom. The van der Waals surface area contributed by atoms with Crippen molar-refractivity contribution in [3.05, 3.63) is 16.7 Å². The fraction of sp³-hybridized carbons (Fsp3) is 0.667. The molecule has 1 aromatic rings. The number of carbonyl (C=O) groups excluding carboxylic acids is 1. The number of likely N-dealkylation sites (tertiary alicyclic amines) is 1. The average molecular weight is 253 g/mol. The molecule has 4 nitrogen and oxygen atoms in total. The zero-order chi connectivity index (χ0) is 12.4. The second-order valence-electron chi connectivity index (χ2n) is 4.85. The third-order valence-electron chi connectivity index (χ3n) is 3.24. The summed E-state index contributed by atoms with van der Waals surface area (Å²) in [6.07, 6.45) is 4.16. The number of hydrogen-bond donors (Lipinski definition) is 1. The Hall–Kier alpha value is -1.10. The maximum atomic E-state index is 12.1. The smallest absolute Gasteiger partial charge is 0.242 e. The summed E-state index contributed by atoms with van der Waals surface area (Å²) in [5.41, 5.74) is 1.10. The zero-order valence-electron chi connectivity index (χ0n) is 10.4. The van der Waals surface area contributed by atoms with Crippen LogP contribution in [0.4, 0.5) is 0 Å². The normalized spacial score (nSPS) is 15.8. The van der Waals surface area contributed by atoms with Gasteiger partial charge in [0, 0.05) is 25.0 Å². The van der Waals surface area contributed by atoms with Crippen LogP contribution in [-0.4, -0.2) is 33.4 Å². The summed E-state index contributed by atoms with van der Waals surface area (Å²) in [5.74, 6) is 0.550. The molecule has 94 valence electrons. The summed E-state index contributed by atoms with van der Waals surface area (Å²) >= 11 is 5.22. The Kier molecular flexibility index (Phi) is 3.66. The molecule has 0 radical (unpaired) electrons. The summed E-state index contributed by atoms with van der Waals surface area (Å²) in [6.45, 7) is 6.38. The van der Waals surface area contributed by atoms with E-state index in [4.69, 9.17) is 12.2 Å². The molecule has 0 aromatic carbocycles. The van der Waals surface area contributed by atoms with E-state index in [0.29, 0.717) is 17.2 Å². The fourth-order valence-corrected chi connectivity index (χ4v) is 2.48. The van der Waals surface area contributed by atoms with Crippen molar-refractivity contribution in [2.45, 2.75) is 39.2 Å². The summed E-state index contributed by atoms with van der Waals surface area (Å²) in [7, 11) is 0. The molecule has 2 rings (SSSR count). The topological polar surface area (TPSA) is 41.0 Å². The number of nitrogens with one attached hydrogen (secondary N) is 1. The molecule has 5 heteroatoms. The molecule has 0 saturated carbocycles. The molecule has 0 aliphatic carbocycles. The molecule has 0 atom stereocenters. The first kappa shape index (κ1) is 12.4. The van der Waals surface area contributed by atoms with Gasteiger partial charge in [0.05, 0.1) is 0 Å². The van der Waals surface area contributed by atoms with Gasteiger partial charge in [0.25, 0.3) is 0 Å². The lowest BCUT2D eigenvalue weighted by molar-refractivity contribution is -0.130. The van der Waals surface area contributed by atoms with Crippen LogP contribution in [-0.2, 0) is 11.3 Å². The number of hydrogen-bond acceptors (Lipinski definition) is 2. The lowest BCUT2D eigenvalue weighted by atomic mass is 10.1. The minimum atomic E-state index is 0.181. The van der Waals surface area contributed by atoms with Gasteiger partial charge in [0.15, 0.2) is 4.77 Å². The van der Waals surface area contributed by atoms with Crippen molar-refractivity contribution in [2.24, 2.45) is 0 Å². The van der Waals surface area contributed by atoms with Crippen LogP contribution in [0.25, 0.3) is 0 Å². The van der Waals surface area contributed by atoms with Crippen LogP contribution in [0.2, 0.25) is 0 Å². The Balaban J connectivity index is 2.14. The van der Waals surface area contributed by atoms with Crippen molar-refractivity contribution in [1.29, 1.82) is 0 Å². The Morgan fingerprint density at radius 1 is 1.47 bits per heavy atom. The molecule has 0 spiro atoms. The summed E-state index contributed by atoms with van der Waals surface area (Å²) < 4.78 is 2.56. The summed E-state index contributed by atoms with van der Waals surface area (Å²) in [6, 6.07) is 0. The van der Waals surface area contributed by atoms with Gasteiger partial charge < -0.3 is 14.5 Å². The van der Waals surface area contributed by atoms with Gasteiger partial charge in [-0.2, -0.15) is 0 Å². The first-order valence-electron chi connectivity index (χ1n) is 6.15. The first-order valence-corrected chi connectivity index (χ1v) is 6.56. The zero-order valence-corrected chi connectivity index (χ0v) is 11.2. The van der Waals surface area contributed by atoms with E-state index in [2.05, 4.69) is 18.8 Å². The van der Waals surface area contributed by atoms with E-state index in [1.807, 2.05) is 15.7 Å². The highest BCUT2D eigenvalue weighted by atomic mass is 32.1. The minimum absolute atomic E-state index is 0.181. The van der Waals surface area contributed by atoms with Crippen molar-refractivity contribution < 1.29 is 4.79 Å². The first-order chi connectivity index (χ1) is 8.09. The van der Waals surface area contributed by atoms with Crippen LogP contribution in [0, 0.1) is 4.77 Å². The predicted octanol–water partition coefficient (Wildman–Crippen LogP) is 2.29. The van der Waals surface area contributed by atoms with Gasteiger partial charge in [-0.25, -0.2) is 0 Å². The van der Waals surface area contributed by atoms with Crippen LogP contribution in [0.1, 0.15) is 38.3 Å². The molecule has 0 bridgehead atoms. The fourth-order valence-electron chi connectivity index (χ4n) is 2.25. The second-order valence-corrected chi connectivity index (χ2v) is 5.23. The predicted molar refractivity (Wildman–Crippen MR) is 69.5 cm³/mol. The SMILES string of the molecule is CC(C)c1c[nH]c(=S)n1CC(=O)N1CCCC1. The third-order valence-corrected chi connectivity index (χ3v) is 3.58. The van der Waals surface area contributed by atoms with Crippen molar-refractivity contribution in [1.82, 2.24) is 14.5 Å². The van der Waals surface area contributed by atoms with Crippen molar-refractivity contribution in [2.75, 3.05) is 13.1 Å². The van der Waals surface area contributed by atoms with Crippen molar-refractivity contribution in [3.8, 4) is 0 Å². The Morgan fingerprint density at radius 3 is 2.71 bits per heavy atom. The summed E-state index contributed by atoms with van der Waals surface area (Å²) in [4.78, 5) is 17.0. The van der Waals surface area contributed by atoms with Crippen LogP contribution in [0.15, 0.2) is 6.20 Å². The standard InChI is InChI=1S/C12H19N3OS/c1-9(2)10-7-13-12(17)15(10)8-11(16)14-5-3-4-6-14/h7,9H,3-6,8H2,1-2H3,(H,13,17). The van der Waals surface area contributed by atoms with Crippen molar-refractivity contribution >= 4 is 18.1 Å². The van der Waals surface area contributed by atoms with Crippen LogP contribution >= 0.6 is 12.2 Å². The summed E-state index contributed by atoms with van der Waals surface area (Å²) in [5, 5.41) is 0. The van der Waals surface area contributed by atoms with Crippen molar-refractivity contribution in [3.63, 3.8) is 0 Å². The number of carbonyl (C=O) groups is 1. The largest absolute Gasteiger partial charge is 0.341 e. The molecular weight excluding hydrogens is 234 g/mol. The number of imidazole rings is 1. The van der Waals surface area contributed by atoms with E-state index in [0.717, 1.165) is 31.6 Å². The molecule has 1 N–H and O–H groups in total. The van der Waals surface area contributed by atoms with Gasteiger partial charge in [0.1, 0.15) is 6.54 Å². The molecule has 1 fully saturated rings. The quantitative estimate of drug-likeness (QED) is 0.840. The van der Waals surface area contributed by atoms with E-state index in [-0.39, 0.29) is 5.91 Å². The maximum absolute atomic E-state index is 12.1. The highest BCUT2D eigenvalue weighted by Crippen LogP contribution is 2.15. The van der Waals surface area contributed by atoms with Crippen LogP contribution in [0.3, 0.4) is 0 Å². The molecule has 17 heavy (non-hydrogen) atoms. The van der Waals surface area contributed by atoms with Gasteiger partial charge in [-0.05, 0) is 31.0 Å². The molecule has 1 saturated heterocycles. The Bertz CT molecular complexity index is 455. The van der Waals surface area contributed by atoms with Gasteiger partial charge in [0.2, 0.25) is 5.91 Å². The molecule has 1 amide bonds. The highest BCUT2D eigenvalue weighted by molar-refractivity contribution is 7.71. The molecule has 1 aliphatic rings. The third kappa shape index (κ3) is 2.60. The number of amides is 1. The molecule has 0 unspecified atom stereocenters. The maximum Gasteiger partial charge on any atom is 0.242 e. The number of nitrogens with zero attached hydrogens (tertiary/aromatic N) is 2. The molecule has 1 aliphatic heterocycles. The lowest BCUT2D eigenvalue weighted by Crippen LogP contribution is -2.31. The van der Waals surface area contributed by atoms with E-state index < -0.39 is 0 Å². The van der Waals surface area contributed by atoms with Gasteiger partial charge in [-0.3, -0.25) is 4.79 Å². The lowest BCUT2D eigenvalue weighted by Gasteiger charge is -2.17. The number of aromatic nitrogens is 2. The van der Waals surface area contributed by atoms with Gasteiger partial charge in [-0.1, -0.05) is 13.8 Å². The second kappa shape index (κ2) is 5.04. The molecule has 2 heterocycles. The monoisotopic (exact) mass is 253 g/mol. The van der Waals surface area contributed by atoms with E-state index in [1.165, 1.54) is 0 Å². The van der Waals surface area contributed by atoms with E-state index in [9.17, 15) is 4.79 Å². The Labute approximate surface area is 107 Å². The van der Waals surface area contributed by atoms with Crippen LogP contribution in [0.5, 0.6) is 0 Å². The number of rotatable bonds is 3. The van der Waals surface area contributed by atoms with Gasteiger partial charge in [-0.15, -0.1) is 0 Å². The average Bonchev–Trinajstić information content (AvgIpc) is 2.89.